The van der Waals surface area contributed by atoms with Gasteiger partial charge in [0.05, 0.1) is 14.2 Å². The first-order valence-corrected chi connectivity index (χ1v) is 9.23. The van der Waals surface area contributed by atoms with Crippen LogP contribution in [0.1, 0.15) is 65.2 Å². The summed E-state index contributed by atoms with van der Waals surface area (Å²) in [6.07, 6.45) is 10.3. The zero-order valence-electron chi connectivity index (χ0n) is 15.6. The van der Waals surface area contributed by atoms with Crippen LogP contribution in [-0.2, 0) is 0 Å². The molecule has 0 spiro atoms. The summed E-state index contributed by atoms with van der Waals surface area (Å²) >= 11 is 0. The van der Waals surface area contributed by atoms with Gasteiger partial charge in [0.1, 0.15) is 11.5 Å². The van der Waals surface area contributed by atoms with E-state index in [1.807, 2.05) is 6.07 Å². The van der Waals surface area contributed by atoms with Crippen LogP contribution in [0, 0.1) is 0 Å². The van der Waals surface area contributed by atoms with Crippen molar-refractivity contribution in [3.05, 3.63) is 18.2 Å². The van der Waals surface area contributed by atoms with Crippen molar-refractivity contribution in [3.63, 3.8) is 0 Å². The monoisotopic (exact) mass is 321 g/mol. The van der Waals surface area contributed by atoms with E-state index in [0.29, 0.717) is 0 Å². The zero-order valence-corrected chi connectivity index (χ0v) is 15.6. The molecule has 1 rings (SSSR count). The Morgan fingerprint density at radius 3 is 1.57 bits per heavy atom. The fourth-order valence-electron chi connectivity index (χ4n) is 2.80. The minimum atomic E-state index is 0.867. The van der Waals surface area contributed by atoms with Gasteiger partial charge in [0.15, 0.2) is 0 Å². The number of rotatable bonds is 13. The molecule has 0 fully saturated rings. The third kappa shape index (κ3) is 7.62. The lowest BCUT2D eigenvalue weighted by Crippen LogP contribution is -2.25. The van der Waals surface area contributed by atoms with Crippen LogP contribution >= 0.6 is 0 Å². The maximum absolute atomic E-state index is 5.43. The third-order valence-electron chi connectivity index (χ3n) is 4.26. The molecule has 0 atom stereocenters. The molecule has 0 amide bonds. The first kappa shape index (κ1) is 19.7. The average Bonchev–Trinajstić information content (AvgIpc) is 2.59. The molecule has 0 unspecified atom stereocenters. The molecule has 1 aromatic carbocycles. The van der Waals surface area contributed by atoms with Gasteiger partial charge in [-0.3, -0.25) is 0 Å². The fourth-order valence-corrected chi connectivity index (χ4v) is 2.80. The summed E-state index contributed by atoms with van der Waals surface area (Å²) < 4.78 is 10.9. The molecule has 0 radical (unpaired) electrons. The molecule has 0 heterocycles. The van der Waals surface area contributed by atoms with Gasteiger partial charge >= 0.3 is 0 Å². The quantitative estimate of drug-likeness (QED) is 0.437. The van der Waals surface area contributed by atoms with Crippen LogP contribution in [0.15, 0.2) is 18.2 Å². The molecule has 23 heavy (non-hydrogen) atoms. The summed E-state index contributed by atoms with van der Waals surface area (Å²) in [5.74, 6) is 1.73. The normalized spacial score (nSPS) is 10.6. The Bertz CT molecular complexity index is 386. The molecule has 0 bridgehead atoms. The Hall–Kier alpha value is -1.38. The minimum Gasteiger partial charge on any atom is -0.497 e. The SMILES string of the molecule is CCCCCCN(CCCCCC)c1cc(OC)cc(OC)c1. The molecule has 0 aromatic heterocycles. The number of hydrogen-bond donors (Lipinski definition) is 0. The molecule has 132 valence electrons. The summed E-state index contributed by atoms with van der Waals surface area (Å²) in [5, 5.41) is 0. The molecule has 3 heteroatoms. The number of anilines is 1. The van der Waals surface area contributed by atoms with Crippen molar-refractivity contribution in [1.82, 2.24) is 0 Å². The Labute approximate surface area is 143 Å². The van der Waals surface area contributed by atoms with Crippen molar-refractivity contribution < 1.29 is 9.47 Å². The van der Waals surface area contributed by atoms with Crippen LogP contribution < -0.4 is 14.4 Å². The molecule has 0 aliphatic rings. The van der Waals surface area contributed by atoms with Gasteiger partial charge in [-0.15, -0.1) is 0 Å². The Kier molecular flexibility index (Phi) is 10.3. The first-order valence-electron chi connectivity index (χ1n) is 9.23. The molecule has 0 aliphatic heterocycles. The molecule has 3 nitrogen and oxygen atoms in total. The largest absolute Gasteiger partial charge is 0.497 e. The second-order valence-corrected chi connectivity index (χ2v) is 6.18. The lowest BCUT2D eigenvalue weighted by Gasteiger charge is -2.26. The first-order chi connectivity index (χ1) is 11.2. The van der Waals surface area contributed by atoms with Crippen LogP contribution in [0.25, 0.3) is 0 Å². The van der Waals surface area contributed by atoms with Crippen LogP contribution in [0.3, 0.4) is 0 Å². The van der Waals surface area contributed by atoms with Gasteiger partial charge in [0.25, 0.3) is 0 Å². The molecular weight excluding hydrogens is 286 g/mol. The number of ether oxygens (including phenoxy) is 2. The highest BCUT2D eigenvalue weighted by Gasteiger charge is 2.10. The van der Waals surface area contributed by atoms with Crippen molar-refractivity contribution in [2.75, 3.05) is 32.2 Å². The van der Waals surface area contributed by atoms with Crippen LogP contribution in [-0.4, -0.2) is 27.3 Å². The van der Waals surface area contributed by atoms with Crippen molar-refractivity contribution in [2.24, 2.45) is 0 Å². The van der Waals surface area contributed by atoms with E-state index >= 15 is 0 Å². The number of benzene rings is 1. The summed E-state index contributed by atoms with van der Waals surface area (Å²) in [5.41, 5.74) is 1.22. The van der Waals surface area contributed by atoms with E-state index in [2.05, 4.69) is 30.9 Å². The number of nitrogens with zero attached hydrogens (tertiary/aromatic N) is 1. The Morgan fingerprint density at radius 1 is 0.696 bits per heavy atom. The number of unbranched alkanes of at least 4 members (excludes halogenated alkanes) is 6. The molecule has 0 saturated heterocycles. The van der Waals surface area contributed by atoms with Gasteiger partial charge in [0.2, 0.25) is 0 Å². The summed E-state index contributed by atoms with van der Waals surface area (Å²) in [6, 6.07) is 6.19. The Balaban J connectivity index is 2.75. The van der Waals surface area contributed by atoms with Gasteiger partial charge in [0, 0.05) is 37.0 Å². The highest BCUT2D eigenvalue weighted by molar-refractivity contribution is 5.55. The lowest BCUT2D eigenvalue weighted by atomic mass is 10.1. The predicted octanol–water partition coefficient (Wildman–Crippen LogP) is 5.67. The summed E-state index contributed by atoms with van der Waals surface area (Å²) in [6.45, 7) is 6.75. The number of hydrogen-bond acceptors (Lipinski definition) is 3. The van der Waals surface area contributed by atoms with Crippen LogP contribution in [0.2, 0.25) is 0 Å². The summed E-state index contributed by atoms with van der Waals surface area (Å²) in [7, 11) is 3.43. The van der Waals surface area contributed by atoms with Crippen LogP contribution in [0.5, 0.6) is 11.5 Å². The van der Waals surface area contributed by atoms with Crippen molar-refractivity contribution >= 4 is 5.69 Å². The van der Waals surface area contributed by atoms with Crippen molar-refractivity contribution in [3.8, 4) is 11.5 Å². The van der Waals surface area contributed by atoms with E-state index < -0.39 is 0 Å². The second kappa shape index (κ2) is 12.1. The fraction of sp³-hybridized carbons (Fsp3) is 0.700. The minimum absolute atomic E-state index is 0.867. The summed E-state index contributed by atoms with van der Waals surface area (Å²) in [4.78, 5) is 2.50. The zero-order chi connectivity index (χ0) is 16.9. The molecule has 0 aliphatic carbocycles. The molecule has 1 aromatic rings. The second-order valence-electron chi connectivity index (χ2n) is 6.18. The van der Waals surface area contributed by atoms with Crippen molar-refractivity contribution in [2.45, 2.75) is 65.2 Å². The van der Waals surface area contributed by atoms with E-state index in [9.17, 15) is 0 Å². The van der Waals surface area contributed by atoms with Gasteiger partial charge in [-0.2, -0.15) is 0 Å². The van der Waals surface area contributed by atoms with Crippen LogP contribution in [0.4, 0.5) is 5.69 Å². The molecular formula is C20H35NO2. The van der Waals surface area contributed by atoms with Gasteiger partial charge < -0.3 is 14.4 Å². The maximum atomic E-state index is 5.43. The van der Waals surface area contributed by atoms with E-state index in [1.165, 1.54) is 57.1 Å². The third-order valence-corrected chi connectivity index (χ3v) is 4.26. The lowest BCUT2D eigenvalue weighted by molar-refractivity contribution is 0.394. The standard InChI is InChI=1S/C20H35NO2/c1-5-7-9-11-13-21(14-12-10-8-6-2)18-15-19(22-3)17-20(16-18)23-4/h15-17H,5-14H2,1-4H3. The molecule has 0 saturated carbocycles. The highest BCUT2D eigenvalue weighted by Crippen LogP contribution is 2.29. The highest BCUT2D eigenvalue weighted by atomic mass is 16.5. The molecule has 0 N–H and O–H groups in total. The Morgan fingerprint density at radius 2 is 1.17 bits per heavy atom. The average molecular weight is 322 g/mol. The van der Waals surface area contributed by atoms with E-state index in [1.54, 1.807) is 14.2 Å². The van der Waals surface area contributed by atoms with Gasteiger partial charge in [-0.25, -0.2) is 0 Å². The van der Waals surface area contributed by atoms with Gasteiger partial charge in [-0.1, -0.05) is 52.4 Å². The van der Waals surface area contributed by atoms with E-state index in [0.717, 1.165) is 24.6 Å². The predicted molar refractivity (Wildman–Crippen MR) is 100 cm³/mol. The van der Waals surface area contributed by atoms with E-state index in [-0.39, 0.29) is 0 Å². The van der Waals surface area contributed by atoms with E-state index in [4.69, 9.17) is 9.47 Å². The number of methoxy groups -OCH3 is 2. The smallest absolute Gasteiger partial charge is 0.124 e. The van der Waals surface area contributed by atoms with Crippen molar-refractivity contribution in [1.29, 1.82) is 0 Å². The maximum Gasteiger partial charge on any atom is 0.124 e. The van der Waals surface area contributed by atoms with Gasteiger partial charge in [-0.05, 0) is 12.8 Å². The topological polar surface area (TPSA) is 21.7 Å².